The molecule has 0 aliphatic heterocycles. The van der Waals surface area contributed by atoms with E-state index in [1.807, 2.05) is 0 Å². The molecule has 0 heterocycles. The Balaban J connectivity index is 4.43. The van der Waals surface area contributed by atoms with E-state index >= 15 is 0 Å². The van der Waals surface area contributed by atoms with E-state index in [2.05, 4.69) is 93.7 Å². The Morgan fingerprint density at radius 3 is 0.899 bits per heavy atom. The zero-order valence-corrected chi connectivity index (χ0v) is 45.6. The van der Waals surface area contributed by atoms with Gasteiger partial charge < -0.3 is 14.2 Å². The summed E-state index contributed by atoms with van der Waals surface area (Å²) in [6.07, 6.45) is 73.2. The van der Waals surface area contributed by atoms with Gasteiger partial charge in [-0.2, -0.15) is 0 Å². The molecule has 0 amide bonds. The van der Waals surface area contributed by atoms with Crippen LogP contribution in [0.5, 0.6) is 0 Å². The van der Waals surface area contributed by atoms with Gasteiger partial charge >= 0.3 is 17.9 Å². The van der Waals surface area contributed by atoms with Gasteiger partial charge in [-0.25, -0.2) is 0 Å². The van der Waals surface area contributed by atoms with E-state index < -0.39 is 6.10 Å². The molecule has 0 saturated carbocycles. The van der Waals surface area contributed by atoms with Crippen molar-refractivity contribution in [2.45, 2.75) is 297 Å². The van der Waals surface area contributed by atoms with Gasteiger partial charge in [-0.1, -0.05) is 235 Å². The summed E-state index contributed by atoms with van der Waals surface area (Å²) in [6, 6.07) is 0. The fraction of sp³-hybridized carbons (Fsp3) is 0.762. The van der Waals surface area contributed by atoms with Crippen LogP contribution in [0.4, 0.5) is 0 Å². The zero-order valence-electron chi connectivity index (χ0n) is 45.6. The molecular weight excluding hydrogens is 853 g/mol. The van der Waals surface area contributed by atoms with Crippen molar-refractivity contribution in [2.24, 2.45) is 0 Å². The lowest BCUT2D eigenvalue weighted by Gasteiger charge is -2.18. The first-order valence-electron chi connectivity index (χ1n) is 29.4. The van der Waals surface area contributed by atoms with E-state index in [0.717, 1.165) is 96.3 Å². The molecule has 0 aliphatic rings. The molecule has 0 aliphatic carbocycles. The fourth-order valence-electron chi connectivity index (χ4n) is 8.25. The van der Waals surface area contributed by atoms with Crippen molar-refractivity contribution in [3.63, 3.8) is 0 Å². The zero-order chi connectivity index (χ0) is 50.0. The standard InChI is InChI=1S/C63H110O6/c1-4-7-10-13-16-19-22-25-28-31-34-37-40-43-46-49-52-55-61(64)67-58-60(69-63(66)57-54-51-48-45-42-39-36-33-30-27-24-21-18-15-12-9-6-3)59-68-62(65)56-53-50-47-44-41-38-35-32-29-26-23-20-17-14-11-8-5-2/h7,10,16,19,25-30,34,37,60H,4-6,8-9,11-15,17-18,20-24,31-33,35-36,38-59H2,1-3H3/b10-7-,19-16-,28-25-,29-26-,30-27-,37-34-/t60-/m1/s1. The highest BCUT2D eigenvalue weighted by atomic mass is 16.6. The summed E-state index contributed by atoms with van der Waals surface area (Å²) in [5.74, 6) is -0.910. The first-order chi connectivity index (χ1) is 34.0. The Morgan fingerprint density at radius 1 is 0.304 bits per heavy atom. The third kappa shape index (κ3) is 55.6. The minimum atomic E-state index is -0.790. The molecule has 0 unspecified atom stereocenters. The summed E-state index contributed by atoms with van der Waals surface area (Å²) in [5.41, 5.74) is 0. The first-order valence-corrected chi connectivity index (χ1v) is 29.4. The van der Waals surface area contributed by atoms with Gasteiger partial charge in [0.1, 0.15) is 13.2 Å². The highest BCUT2D eigenvalue weighted by molar-refractivity contribution is 5.71. The van der Waals surface area contributed by atoms with Crippen molar-refractivity contribution in [3.8, 4) is 0 Å². The Labute approximate surface area is 427 Å². The number of allylic oxidation sites excluding steroid dienone is 12. The largest absolute Gasteiger partial charge is 0.462 e. The molecule has 0 bridgehead atoms. The number of rotatable bonds is 53. The molecule has 0 aromatic rings. The lowest BCUT2D eigenvalue weighted by Crippen LogP contribution is -2.30. The van der Waals surface area contributed by atoms with Gasteiger partial charge in [0, 0.05) is 19.3 Å². The van der Waals surface area contributed by atoms with Crippen LogP contribution in [0.25, 0.3) is 0 Å². The maximum atomic E-state index is 12.9. The smallest absolute Gasteiger partial charge is 0.306 e. The number of hydrogen-bond donors (Lipinski definition) is 0. The summed E-state index contributed by atoms with van der Waals surface area (Å²) in [7, 11) is 0. The molecule has 0 aromatic carbocycles. The average molecular weight is 964 g/mol. The summed E-state index contributed by atoms with van der Waals surface area (Å²) < 4.78 is 16.9. The monoisotopic (exact) mass is 963 g/mol. The number of hydrogen-bond acceptors (Lipinski definition) is 6. The van der Waals surface area contributed by atoms with Crippen molar-refractivity contribution in [1.82, 2.24) is 0 Å². The Kier molecular flexibility index (Phi) is 54.8. The molecule has 398 valence electrons. The Bertz CT molecular complexity index is 1290. The summed E-state index contributed by atoms with van der Waals surface area (Å²) in [4.78, 5) is 38.2. The highest BCUT2D eigenvalue weighted by Gasteiger charge is 2.19. The van der Waals surface area contributed by atoms with Crippen LogP contribution < -0.4 is 0 Å². The Morgan fingerprint density at radius 2 is 0.565 bits per heavy atom. The third-order valence-electron chi connectivity index (χ3n) is 12.7. The van der Waals surface area contributed by atoms with Crippen LogP contribution in [0.1, 0.15) is 290 Å². The van der Waals surface area contributed by atoms with E-state index in [0.29, 0.717) is 19.3 Å². The summed E-state index contributed by atoms with van der Waals surface area (Å²) in [5, 5.41) is 0. The van der Waals surface area contributed by atoms with Crippen molar-refractivity contribution < 1.29 is 28.6 Å². The second-order valence-corrected chi connectivity index (χ2v) is 19.5. The minimum Gasteiger partial charge on any atom is -0.462 e. The van der Waals surface area contributed by atoms with Crippen LogP contribution in [0.3, 0.4) is 0 Å². The van der Waals surface area contributed by atoms with Crippen molar-refractivity contribution in [3.05, 3.63) is 72.9 Å². The maximum Gasteiger partial charge on any atom is 0.306 e. The molecule has 69 heavy (non-hydrogen) atoms. The molecule has 0 aromatic heterocycles. The van der Waals surface area contributed by atoms with Crippen molar-refractivity contribution in [2.75, 3.05) is 13.2 Å². The normalized spacial score (nSPS) is 12.6. The molecule has 6 nitrogen and oxygen atoms in total. The van der Waals surface area contributed by atoms with Gasteiger partial charge in [-0.3, -0.25) is 14.4 Å². The average Bonchev–Trinajstić information content (AvgIpc) is 3.35. The first kappa shape index (κ1) is 65.8. The SMILES string of the molecule is CC/C=C\C/C=C\C/C=C\C/C=C\CCCCCCC(=O)OC[C@H](COC(=O)CCCCCCCCC/C=C\CCCCCCCC)OC(=O)CCCCCCCCC/C=C\CCCCCCCC. The van der Waals surface area contributed by atoms with Crippen LogP contribution in [-0.4, -0.2) is 37.2 Å². The predicted molar refractivity (Wildman–Crippen MR) is 298 cm³/mol. The van der Waals surface area contributed by atoms with E-state index in [1.54, 1.807) is 0 Å². The third-order valence-corrected chi connectivity index (χ3v) is 12.7. The van der Waals surface area contributed by atoms with Gasteiger partial charge in [0.05, 0.1) is 0 Å². The topological polar surface area (TPSA) is 78.9 Å². The highest BCUT2D eigenvalue weighted by Crippen LogP contribution is 2.15. The van der Waals surface area contributed by atoms with Gasteiger partial charge in [0.2, 0.25) is 0 Å². The minimum absolute atomic E-state index is 0.0865. The quantitative estimate of drug-likeness (QED) is 0.0262. The van der Waals surface area contributed by atoms with E-state index in [9.17, 15) is 14.4 Å². The van der Waals surface area contributed by atoms with Gasteiger partial charge in [-0.05, 0) is 109 Å². The van der Waals surface area contributed by atoms with E-state index in [-0.39, 0.29) is 31.1 Å². The molecule has 0 saturated heterocycles. The summed E-state index contributed by atoms with van der Waals surface area (Å²) in [6.45, 7) is 6.51. The second kappa shape index (κ2) is 57.4. The molecule has 0 fully saturated rings. The second-order valence-electron chi connectivity index (χ2n) is 19.5. The van der Waals surface area contributed by atoms with Crippen LogP contribution >= 0.6 is 0 Å². The molecule has 0 radical (unpaired) electrons. The van der Waals surface area contributed by atoms with Crippen LogP contribution in [-0.2, 0) is 28.6 Å². The predicted octanol–water partition coefficient (Wildman–Crippen LogP) is 19.8. The molecule has 6 heteroatoms. The number of unbranched alkanes of at least 4 members (excludes halogenated alkanes) is 30. The van der Waals surface area contributed by atoms with Crippen molar-refractivity contribution >= 4 is 17.9 Å². The van der Waals surface area contributed by atoms with E-state index in [4.69, 9.17) is 14.2 Å². The number of ether oxygens (including phenoxy) is 3. The van der Waals surface area contributed by atoms with Gasteiger partial charge in [0.15, 0.2) is 6.10 Å². The molecule has 0 N–H and O–H groups in total. The fourth-order valence-corrected chi connectivity index (χ4v) is 8.25. The number of carbonyl (C=O) groups excluding carboxylic acids is 3. The van der Waals surface area contributed by atoms with Crippen LogP contribution in [0, 0.1) is 0 Å². The molecule has 1 atom stereocenters. The summed E-state index contributed by atoms with van der Waals surface area (Å²) >= 11 is 0. The molecular formula is C63H110O6. The Hall–Kier alpha value is -3.15. The maximum absolute atomic E-state index is 12.9. The van der Waals surface area contributed by atoms with Gasteiger partial charge in [-0.15, -0.1) is 0 Å². The lowest BCUT2D eigenvalue weighted by atomic mass is 10.1. The van der Waals surface area contributed by atoms with E-state index in [1.165, 1.54) is 154 Å². The molecule has 0 spiro atoms. The van der Waals surface area contributed by atoms with Crippen molar-refractivity contribution in [1.29, 1.82) is 0 Å². The van der Waals surface area contributed by atoms with Gasteiger partial charge in [0.25, 0.3) is 0 Å². The lowest BCUT2D eigenvalue weighted by molar-refractivity contribution is -0.167. The molecule has 0 rings (SSSR count). The number of esters is 3. The number of carbonyl (C=O) groups is 3. The van der Waals surface area contributed by atoms with Crippen LogP contribution in [0.2, 0.25) is 0 Å². The van der Waals surface area contributed by atoms with Crippen LogP contribution in [0.15, 0.2) is 72.9 Å².